The van der Waals surface area contributed by atoms with Crippen molar-refractivity contribution in [3.8, 4) is 0 Å². The zero-order valence-corrected chi connectivity index (χ0v) is 8.47. The van der Waals surface area contributed by atoms with Crippen molar-refractivity contribution in [2.45, 2.75) is 19.0 Å². The Balaban J connectivity index is 2.68. The number of halogens is 3. The van der Waals surface area contributed by atoms with Crippen LogP contribution in [0.25, 0.3) is 0 Å². The van der Waals surface area contributed by atoms with Gasteiger partial charge in [0.25, 0.3) is 0 Å². The summed E-state index contributed by atoms with van der Waals surface area (Å²) >= 11 is 0. The molecule has 0 unspecified atom stereocenters. The van der Waals surface area contributed by atoms with Gasteiger partial charge in [0.05, 0.1) is 5.56 Å². The minimum absolute atomic E-state index is 0.252. The highest BCUT2D eigenvalue weighted by atomic mass is 19.4. The maximum Gasteiger partial charge on any atom is 0.416 e. The number of carbonyl (C=O) groups excluding carboxylic acids is 1. The van der Waals surface area contributed by atoms with Crippen molar-refractivity contribution in [3.05, 3.63) is 35.4 Å². The molecule has 2 nitrogen and oxygen atoms in total. The van der Waals surface area contributed by atoms with E-state index in [1.807, 2.05) is 0 Å². The summed E-state index contributed by atoms with van der Waals surface area (Å²) < 4.78 is 37.6. The second kappa shape index (κ2) is 5.53. The monoisotopic (exact) mass is 230 g/mol. The Hall–Kier alpha value is -1.52. The van der Waals surface area contributed by atoms with Crippen LogP contribution in [0.5, 0.6) is 0 Å². The third kappa shape index (κ3) is 3.56. The SMILES string of the molecule is O=[C]NCCCc1ccccc1C(F)(F)F. The summed E-state index contributed by atoms with van der Waals surface area (Å²) in [6, 6.07) is 5.45. The summed E-state index contributed by atoms with van der Waals surface area (Å²) in [5.74, 6) is 0. The van der Waals surface area contributed by atoms with Gasteiger partial charge in [-0.25, -0.2) is 0 Å². The molecule has 0 fully saturated rings. The van der Waals surface area contributed by atoms with Crippen LogP contribution in [0.2, 0.25) is 0 Å². The predicted octanol–water partition coefficient (Wildman–Crippen LogP) is 2.29. The molecule has 0 bridgehead atoms. The Morgan fingerprint density at radius 2 is 1.94 bits per heavy atom. The Morgan fingerprint density at radius 3 is 2.56 bits per heavy atom. The summed E-state index contributed by atoms with van der Waals surface area (Å²) in [5, 5.41) is 2.29. The van der Waals surface area contributed by atoms with E-state index >= 15 is 0 Å². The van der Waals surface area contributed by atoms with E-state index < -0.39 is 11.7 Å². The molecule has 1 N–H and O–H groups in total. The number of nitrogens with one attached hydrogen (secondary N) is 1. The van der Waals surface area contributed by atoms with Crippen molar-refractivity contribution in [1.82, 2.24) is 5.32 Å². The fourth-order valence-corrected chi connectivity index (χ4v) is 1.43. The standard InChI is InChI=1S/C11H11F3NO/c12-11(13,14)10-6-2-1-4-9(10)5-3-7-15-8-16/h1-2,4,6H,3,5,7H2,(H,15,16). The molecule has 0 aliphatic rings. The van der Waals surface area contributed by atoms with E-state index in [1.165, 1.54) is 18.5 Å². The van der Waals surface area contributed by atoms with Gasteiger partial charge in [-0.05, 0) is 24.5 Å². The molecule has 0 atom stereocenters. The second-order valence-electron chi connectivity index (χ2n) is 3.29. The molecule has 87 valence electrons. The molecule has 1 rings (SSSR count). The smallest absolute Gasteiger partial charge is 0.348 e. The summed E-state index contributed by atoms with van der Waals surface area (Å²) in [5.41, 5.74) is -0.354. The van der Waals surface area contributed by atoms with Gasteiger partial charge in [-0.15, -0.1) is 0 Å². The van der Waals surface area contributed by atoms with Gasteiger partial charge in [0, 0.05) is 6.54 Å². The van der Waals surface area contributed by atoms with Crippen LogP contribution in [-0.4, -0.2) is 13.0 Å². The minimum Gasteiger partial charge on any atom is -0.348 e. The molecular weight excluding hydrogens is 219 g/mol. The first kappa shape index (κ1) is 12.5. The van der Waals surface area contributed by atoms with Gasteiger partial charge in [-0.3, -0.25) is 4.79 Å². The third-order valence-electron chi connectivity index (χ3n) is 2.14. The number of rotatable bonds is 5. The van der Waals surface area contributed by atoms with Gasteiger partial charge in [0.1, 0.15) is 0 Å². The van der Waals surface area contributed by atoms with E-state index in [2.05, 4.69) is 5.32 Å². The maximum absolute atomic E-state index is 12.5. The Morgan fingerprint density at radius 1 is 1.25 bits per heavy atom. The van der Waals surface area contributed by atoms with E-state index in [0.717, 1.165) is 6.07 Å². The van der Waals surface area contributed by atoms with Crippen LogP contribution in [0.1, 0.15) is 17.5 Å². The molecule has 1 aromatic carbocycles. The van der Waals surface area contributed by atoms with Gasteiger partial charge < -0.3 is 5.32 Å². The van der Waals surface area contributed by atoms with Crippen LogP contribution in [0.4, 0.5) is 13.2 Å². The van der Waals surface area contributed by atoms with Crippen molar-refractivity contribution in [2.75, 3.05) is 6.54 Å². The highest BCUT2D eigenvalue weighted by Gasteiger charge is 2.32. The third-order valence-corrected chi connectivity index (χ3v) is 2.14. The number of amides is 1. The molecule has 0 saturated heterocycles. The van der Waals surface area contributed by atoms with Gasteiger partial charge in [0.2, 0.25) is 0 Å². The van der Waals surface area contributed by atoms with E-state index in [1.54, 1.807) is 6.07 Å². The fraction of sp³-hybridized carbons (Fsp3) is 0.364. The molecule has 0 aliphatic carbocycles. The first-order chi connectivity index (χ1) is 7.55. The van der Waals surface area contributed by atoms with Crippen LogP contribution in [0.15, 0.2) is 24.3 Å². The maximum atomic E-state index is 12.5. The number of aryl methyl sites for hydroxylation is 1. The van der Waals surface area contributed by atoms with Crippen LogP contribution >= 0.6 is 0 Å². The summed E-state index contributed by atoms with van der Waals surface area (Å²) in [7, 11) is 0. The summed E-state index contributed by atoms with van der Waals surface area (Å²) in [6.45, 7) is 0.329. The molecule has 0 aromatic heterocycles. The number of benzene rings is 1. The van der Waals surface area contributed by atoms with Crippen LogP contribution in [-0.2, 0) is 17.4 Å². The van der Waals surface area contributed by atoms with Gasteiger partial charge in [-0.2, -0.15) is 13.2 Å². The lowest BCUT2D eigenvalue weighted by Gasteiger charge is -2.12. The molecule has 1 amide bonds. The number of hydrogen-bond donors (Lipinski definition) is 1. The molecule has 1 radical (unpaired) electrons. The molecule has 0 aliphatic heterocycles. The normalized spacial score (nSPS) is 11.2. The topological polar surface area (TPSA) is 29.1 Å². The van der Waals surface area contributed by atoms with Crippen molar-refractivity contribution in [2.24, 2.45) is 0 Å². The summed E-state index contributed by atoms with van der Waals surface area (Å²) in [4.78, 5) is 9.83. The molecule has 1 aromatic rings. The number of hydrogen-bond acceptors (Lipinski definition) is 1. The zero-order valence-electron chi connectivity index (χ0n) is 8.47. The van der Waals surface area contributed by atoms with E-state index in [-0.39, 0.29) is 12.0 Å². The molecule has 16 heavy (non-hydrogen) atoms. The van der Waals surface area contributed by atoms with Crippen molar-refractivity contribution in [1.29, 1.82) is 0 Å². The lowest BCUT2D eigenvalue weighted by atomic mass is 10.0. The van der Waals surface area contributed by atoms with Crippen molar-refractivity contribution in [3.63, 3.8) is 0 Å². The van der Waals surface area contributed by atoms with E-state index in [0.29, 0.717) is 13.0 Å². The Labute approximate surface area is 91.5 Å². The Kier molecular flexibility index (Phi) is 4.34. The number of alkyl halides is 3. The summed E-state index contributed by atoms with van der Waals surface area (Å²) in [6.07, 6.45) is -2.10. The average Bonchev–Trinajstić information content (AvgIpc) is 2.24. The Bertz CT molecular complexity index is 349. The zero-order chi connectivity index (χ0) is 12.0. The first-order valence-corrected chi connectivity index (χ1v) is 4.81. The van der Waals surface area contributed by atoms with E-state index in [9.17, 15) is 18.0 Å². The average molecular weight is 230 g/mol. The lowest BCUT2D eigenvalue weighted by Crippen LogP contribution is -2.14. The first-order valence-electron chi connectivity index (χ1n) is 4.81. The highest BCUT2D eigenvalue weighted by Crippen LogP contribution is 2.32. The van der Waals surface area contributed by atoms with Crippen molar-refractivity contribution >= 4 is 6.41 Å². The lowest BCUT2D eigenvalue weighted by molar-refractivity contribution is -0.138. The largest absolute Gasteiger partial charge is 0.416 e. The van der Waals surface area contributed by atoms with Crippen LogP contribution in [0.3, 0.4) is 0 Å². The minimum atomic E-state index is -4.32. The second-order valence-corrected chi connectivity index (χ2v) is 3.29. The van der Waals surface area contributed by atoms with Gasteiger partial charge >= 0.3 is 12.6 Å². The molecule has 5 heteroatoms. The molecular formula is C11H11F3NO. The predicted molar refractivity (Wildman–Crippen MR) is 53.5 cm³/mol. The van der Waals surface area contributed by atoms with Crippen molar-refractivity contribution < 1.29 is 18.0 Å². The van der Waals surface area contributed by atoms with Crippen LogP contribution in [0, 0.1) is 0 Å². The van der Waals surface area contributed by atoms with Gasteiger partial charge in [-0.1, -0.05) is 18.2 Å². The van der Waals surface area contributed by atoms with Gasteiger partial charge in [0.15, 0.2) is 0 Å². The molecule has 0 spiro atoms. The van der Waals surface area contributed by atoms with E-state index in [4.69, 9.17) is 0 Å². The fourth-order valence-electron chi connectivity index (χ4n) is 1.43. The highest BCUT2D eigenvalue weighted by molar-refractivity contribution is 5.46. The van der Waals surface area contributed by atoms with Crippen LogP contribution < -0.4 is 5.32 Å². The molecule has 0 saturated carbocycles. The quantitative estimate of drug-likeness (QED) is 0.610. The molecule has 0 heterocycles.